The third-order valence-electron chi connectivity index (χ3n) is 4.63. The van der Waals surface area contributed by atoms with Gasteiger partial charge in [0.15, 0.2) is 0 Å². The molecule has 7 heteroatoms. The number of imidazole rings is 1. The number of aryl methyl sites for hydroxylation is 1. The Bertz CT molecular complexity index is 1210. The van der Waals surface area contributed by atoms with Crippen LogP contribution in [-0.4, -0.2) is 25.4 Å². The van der Waals surface area contributed by atoms with Gasteiger partial charge in [0.1, 0.15) is 12.4 Å². The molecule has 2 aromatic carbocycles. The van der Waals surface area contributed by atoms with E-state index in [1.807, 2.05) is 24.3 Å². The van der Waals surface area contributed by atoms with Gasteiger partial charge >= 0.3 is 0 Å². The summed E-state index contributed by atoms with van der Waals surface area (Å²) in [6.45, 7) is 2.05. The number of unbranched alkanes of at least 4 members (excludes halogenated alkanes) is 1. The van der Waals surface area contributed by atoms with Crippen LogP contribution in [0.1, 0.15) is 25.6 Å². The second kappa shape index (κ2) is 7.64. The van der Waals surface area contributed by atoms with E-state index in [-0.39, 0.29) is 18.0 Å². The van der Waals surface area contributed by atoms with Gasteiger partial charge in [0.2, 0.25) is 5.91 Å². The van der Waals surface area contributed by atoms with Crippen LogP contribution < -0.4 is 10.9 Å². The predicted molar refractivity (Wildman–Crippen MR) is 109 cm³/mol. The summed E-state index contributed by atoms with van der Waals surface area (Å²) in [5.74, 6) is 0.665. The summed E-state index contributed by atoms with van der Waals surface area (Å²) in [5, 5.41) is 3.33. The van der Waals surface area contributed by atoms with Gasteiger partial charge in [-0.3, -0.25) is 14.2 Å². The number of hydrogen-bond acceptors (Lipinski definition) is 4. The van der Waals surface area contributed by atoms with Crippen molar-refractivity contribution in [1.29, 1.82) is 0 Å². The zero-order valence-corrected chi connectivity index (χ0v) is 15.6. The van der Waals surface area contributed by atoms with E-state index in [4.69, 9.17) is 0 Å². The maximum absolute atomic E-state index is 12.5. The number of carbonyl (C=O) groups excluding carboxylic acids is 1. The van der Waals surface area contributed by atoms with Gasteiger partial charge in [0.25, 0.3) is 5.56 Å². The van der Waals surface area contributed by atoms with Crippen molar-refractivity contribution in [1.82, 2.24) is 19.5 Å². The Labute approximate surface area is 161 Å². The fourth-order valence-electron chi connectivity index (χ4n) is 3.18. The van der Waals surface area contributed by atoms with Crippen LogP contribution >= 0.6 is 0 Å². The van der Waals surface area contributed by atoms with Gasteiger partial charge in [-0.05, 0) is 36.8 Å². The van der Waals surface area contributed by atoms with Gasteiger partial charge < -0.3 is 10.3 Å². The Balaban J connectivity index is 1.50. The smallest absolute Gasteiger partial charge is 0.261 e. The molecule has 0 aliphatic heterocycles. The minimum Gasteiger partial charge on any atom is -0.342 e. The summed E-state index contributed by atoms with van der Waals surface area (Å²) in [5.41, 5.74) is 2.80. The first-order valence-corrected chi connectivity index (χ1v) is 9.36. The molecule has 0 radical (unpaired) electrons. The van der Waals surface area contributed by atoms with Gasteiger partial charge in [0, 0.05) is 12.1 Å². The van der Waals surface area contributed by atoms with Crippen molar-refractivity contribution in [3.63, 3.8) is 0 Å². The first-order chi connectivity index (χ1) is 13.6. The van der Waals surface area contributed by atoms with E-state index >= 15 is 0 Å². The summed E-state index contributed by atoms with van der Waals surface area (Å²) < 4.78 is 1.31. The molecule has 0 spiro atoms. The minimum absolute atomic E-state index is 0.0978. The van der Waals surface area contributed by atoms with Crippen LogP contribution in [0.15, 0.2) is 53.6 Å². The molecular formula is C21H21N5O2. The first kappa shape index (κ1) is 17.9. The quantitative estimate of drug-likeness (QED) is 0.541. The number of amides is 1. The largest absolute Gasteiger partial charge is 0.342 e. The molecule has 7 nitrogen and oxygen atoms in total. The van der Waals surface area contributed by atoms with E-state index in [2.05, 4.69) is 27.2 Å². The van der Waals surface area contributed by atoms with Crippen LogP contribution in [0.3, 0.4) is 0 Å². The van der Waals surface area contributed by atoms with E-state index < -0.39 is 0 Å². The Kier molecular flexibility index (Phi) is 4.89. The Morgan fingerprint density at radius 2 is 2.04 bits per heavy atom. The number of para-hydroxylation sites is 1. The number of rotatable bonds is 6. The van der Waals surface area contributed by atoms with Crippen LogP contribution in [0, 0.1) is 0 Å². The molecule has 0 saturated heterocycles. The molecule has 4 aromatic rings. The van der Waals surface area contributed by atoms with E-state index in [0.717, 1.165) is 36.1 Å². The number of fused-ring (bicyclic) bond motifs is 2. The Morgan fingerprint density at radius 3 is 2.89 bits per heavy atom. The fourth-order valence-corrected chi connectivity index (χ4v) is 3.18. The molecule has 0 saturated carbocycles. The topological polar surface area (TPSA) is 92.7 Å². The summed E-state index contributed by atoms with van der Waals surface area (Å²) in [6.07, 6.45) is 4.51. The van der Waals surface area contributed by atoms with Crippen molar-refractivity contribution < 1.29 is 4.79 Å². The van der Waals surface area contributed by atoms with E-state index in [0.29, 0.717) is 16.6 Å². The lowest BCUT2D eigenvalue weighted by Crippen LogP contribution is -2.27. The SMILES string of the molecule is CCCCc1nc2ccc(NC(=O)Cn3cnc4ccccc4c3=O)cc2[nH]1. The van der Waals surface area contributed by atoms with Crippen molar-refractivity contribution in [2.75, 3.05) is 5.32 Å². The fraction of sp³-hybridized carbons (Fsp3) is 0.238. The second-order valence-corrected chi connectivity index (χ2v) is 6.76. The molecule has 28 heavy (non-hydrogen) atoms. The van der Waals surface area contributed by atoms with Crippen molar-refractivity contribution >= 4 is 33.5 Å². The average molecular weight is 375 g/mol. The maximum atomic E-state index is 12.5. The molecule has 0 aliphatic rings. The molecule has 2 N–H and O–H groups in total. The van der Waals surface area contributed by atoms with Gasteiger partial charge in [-0.25, -0.2) is 9.97 Å². The molecule has 0 aliphatic carbocycles. The molecule has 2 aromatic heterocycles. The minimum atomic E-state index is -0.288. The summed E-state index contributed by atoms with van der Waals surface area (Å²) >= 11 is 0. The highest BCUT2D eigenvalue weighted by Gasteiger charge is 2.10. The lowest BCUT2D eigenvalue weighted by Gasteiger charge is -2.08. The van der Waals surface area contributed by atoms with Crippen LogP contribution in [0.5, 0.6) is 0 Å². The number of aromatic amines is 1. The lowest BCUT2D eigenvalue weighted by molar-refractivity contribution is -0.116. The third-order valence-corrected chi connectivity index (χ3v) is 4.63. The zero-order chi connectivity index (χ0) is 19.5. The van der Waals surface area contributed by atoms with Crippen LogP contribution in [0.4, 0.5) is 5.69 Å². The first-order valence-electron chi connectivity index (χ1n) is 9.36. The number of nitrogens with zero attached hydrogens (tertiary/aromatic N) is 3. The molecule has 142 valence electrons. The van der Waals surface area contributed by atoms with Crippen molar-refractivity contribution in [3.8, 4) is 0 Å². The van der Waals surface area contributed by atoms with E-state index in [1.54, 1.807) is 18.2 Å². The summed E-state index contributed by atoms with van der Waals surface area (Å²) in [7, 11) is 0. The highest BCUT2D eigenvalue weighted by Crippen LogP contribution is 2.18. The molecule has 1 amide bonds. The number of hydrogen-bond donors (Lipinski definition) is 2. The van der Waals surface area contributed by atoms with Crippen LogP contribution in [0.2, 0.25) is 0 Å². The molecule has 2 heterocycles. The van der Waals surface area contributed by atoms with Crippen LogP contribution in [0.25, 0.3) is 21.9 Å². The predicted octanol–water partition coefficient (Wildman–Crippen LogP) is 3.25. The highest BCUT2D eigenvalue weighted by atomic mass is 16.2. The third kappa shape index (κ3) is 3.64. The van der Waals surface area contributed by atoms with Gasteiger partial charge in [-0.15, -0.1) is 0 Å². The normalized spacial score (nSPS) is 11.2. The molecule has 0 fully saturated rings. The monoisotopic (exact) mass is 375 g/mol. The van der Waals surface area contributed by atoms with Crippen molar-refractivity contribution in [2.24, 2.45) is 0 Å². The summed E-state index contributed by atoms with van der Waals surface area (Å²) in [4.78, 5) is 37.0. The number of benzene rings is 2. The van der Waals surface area contributed by atoms with Gasteiger partial charge in [0.05, 0.1) is 28.3 Å². The van der Waals surface area contributed by atoms with Crippen molar-refractivity contribution in [3.05, 3.63) is 65.0 Å². The number of H-pyrrole nitrogens is 1. The van der Waals surface area contributed by atoms with E-state index in [1.165, 1.54) is 10.9 Å². The number of aromatic nitrogens is 4. The molecule has 4 rings (SSSR count). The van der Waals surface area contributed by atoms with Crippen molar-refractivity contribution in [2.45, 2.75) is 32.7 Å². The van der Waals surface area contributed by atoms with Crippen LogP contribution in [-0.2, 0) is 17.8 Å². The molecule has 0 bridgehead atoms. The Morgan fingerprint density at radius 1 is 1.18 bits per heavy atom. The van der Waals surface area contributed by atoms with Gasteiger partial charge in [-0.2, -0.15) is 0 Å². The number of anilines is 1. The second-order valence-electron chi connectivity index (χ2n) is 6.76. The van der Waals surface area contributed by atoms with Gasteiger partial charge in [-0.1, -0.05) is 25.5 Å². The molecule has 0 atom stereocenters. The zero-order valence-electron chi connectivity index (χ0n) is 15.6. The average Bonchev–Trinajstić information content (AvgIpc) is 3.11. The summed E-state index contributed by atoms with van der Waals surface area (Å²) in [6, 6.07) is 12.6. The lowest BCUT2D eigenvalue weighted by atomic mass is 10.2. The number of nitrogens with one attached hydrogen (secondary N) is 2. The number of carbonyl (C=O) groups is 1. The molecular weight excluding hydrogens is 354 g/mol. The maximum Gasteiger partial charge on any atom is 0.261 e. The highest BCUT2D eigenvalue weighted by molar-refractivity contribution is 5.93. The van der Waals surface area contributed by atoms with E-state index in [9.17, 15) is 9.59 Å². The molecule has 0 unspecified atom stereocenters. The Hall–Kier alpha value is -3.48. The standard InChI is InChI=1S/C21H21N5O2/c1-2-3-8-19-24-17-10-9-14(11-18(17)25-19)23-20(27)12-26-13-22-16-7-5-4-6-15(16)21(26)28/h4-7,9-11,13H,2-3,8,12H2,1H3,(H,23,27)(H,24,25).